The van der Waals surface area contributed by atoms with Gasteiger partial charge in [0.1, 0.15) is 0 Å². The quantitative estimate of drug-likeness (QED) is 0.661. The maximum Gasteiger partial charge on any atom is 0.236 e. The summed E-state index contributed by atoms with van der Waals surface area (Å²) in [5.74, 6) is 0.538. The Kier molecular flexibility index (Phi) is 4.90. The number of rotatable bonds is 4. The Hall–Kier alpha value is -0.570. The molecular weight excluding hydrogens is 152 g/mol. The third-order valence-corrected chi connectivity index (χ3v) is 1.63. The summed E-state index contributed by atoms with van der Waals surface area (Å²) in [6, 6.07) is -0.178. The first-order valence-corrected chi connectivity index (χ1v) is 4.49. The average Bonchev–Trinajstić information content (AvgIpc) is 1.84. The minimum Gasteiger partial charge on any atom is -0.352 e. The Balaban J connectivity index is 3.69. The highest BCUT2D eigenvalue weighted by molar-refractivity contribution is 5.81. The largest absolute Gasteiger partial charge is 0.352 e. The molecule has 3 N–H and O–H groups in total. The van der Waals surface area contributed by atoms with Gasteiger partial charge in [-0.3, -0.25) is 4.79 Å². The molecule has 1 amide bonds. The van der Waals surface area contributed by atoms with Crippen molar-refractivity contribution < 1.29 is 4.79 Å². The standard InChI is InChI=1S/C9H20N2O/c1-6(2)5-7(3)11-9(12)8(4)10/h6-8H,5,10H2,1-4H3,(H,11,12)/t7?,8-/m0/s1. The lowest BCUT2D eigenvalue weighted by Gasteiger charge is -2.17. The molecule has 1 unspecified atom stereocenters. The van der Waals surface area contributed by atoms with Crippen molar-refractivity contribution >= 4 is 5.91 Å². The van der Waals surface area contributed by atoms with Gasteiger partial charge in [-0.05, 0) is 26.2 Å². The molecule has 3 heteroatoms. The lowest BCUT2D eigenvalue weighted by atomic mass is 10.1. The molecule has 12 heavy (non-hydrogen) atoms. The normalized spacial score (nSPS) is 15.8. The van der Waals surface area contributed by atoms with Crippen LogP contribution >= 0.6 is 0 Å². The maximum atomic E-state index is 11.1. The van der Waals surface area contributed by atoms with Crippen molar-refractivity contribution in [2.45, 2.75) is 46.2 Å². The van der Waals surface area contributed by atoms with Crippen LogP contribution in [-0.4, -0.2) is 18.0 Å². The van der Waals surface area contributed by atoms with Gasteiger partial charge in [0.15, 0.2) is 0 Å². The van der Waals surface area contributed by atoms with Crippen molar-refractivity contribution in [2.24, 2.45) is 11.7 Å². The molecule has 72 valence electrons. The molecule has 0 aliphatic rings. The highest BCUT2D eigenvalue weighted by Gasteiger charge is 2.11. The van der Waals surface area contributed by atoms with Crippen molar-refractivity contribution in [3.63, 3.8) is 0 Å². The van der Waals surface area contributed by atoms with Crippen LogP contribution in [0.2, 0.25) is 0 Å². The van der Waals surface area contributed by atoms with Crippen LogP contribution in [0.15, 0.2) is 0 Å². The van der Waals surface area contributed by atoms with Crippen molar-refractivity contribution in [3.05, 3.63) is 0 Å². The summed E-state index contributed by atoms with van der Waals surface area (Å²) in [6.07, 6.45) is 0.998. The number of nitrogens with two attached hydrogens (primary N) is 1. The van der Waals surface area contributed by atoms with E-state index in [-0.39, 0.29) is 11.9 Å². The second kappa shape index (κ2) is 5.14. The molecule has 0 aromatic heterocycles. The van der Waals surface area contributed by atoms with Crippen molar-refractivity contribution in [3.8, 4) is 0 Å². The molecule has 0 rings (SSSR count). The fraction of sp³-hybridized carbons (Fsp3) is 0.889. The average molecular weight is 172 g/mol. The van der Waals surface area contributed by atoms with Gasteiger partial charge >= 0.3 is 0 Å². The summed E-state index contributed by atoms with van der Waals surface area (Å²) in [7, 11) is 0. The third-order valence-electron chi connectivity index (χ3n) is 1.63. The monoisotopic (exact) mass is 172 g/mol. The minimum absolute atomic E-state index is 0.0665. The van der Waals surface area contributed by atoms with E-state index in [1.807, 2.05) is 6.92 Å². The van der Waals surface area contributed by atoms with Crippen LogP contribution in [0.25, 0.3) is 0 Å². The Morgan fingerprint density at radius 3 is 2.17 bits per heavy atom. The first kappa shape index (κ1) is 11.4. The van der Waals surface area contributed by atoms with Gasteiger partial charge in [0.2, 0.25) is 5.91 Å². The fourth-order valence-electron chi connectivity index (χ4n) is 1.14. The van der Waals surface area contributed by atoms with Crippen molar-refractivity contribution in [1.82, 2.24) is 5.32 Å². The van der Waals surface area contributed by atoms with E-state index in [1.54, 1.807) is 6.92 Å². The summed E-state index contributed by atoms with van der Waals surface area (Å²) in [6.45, 7) is 7.96. The minimum atomic E-state index is -0.403. The molecule has 0 aromatic rings. The molecule has 0 fully saturated rings. The molecule has 0 saturated heterocycles. The molecule has 0 aliphatic carbocycles. The number of carbonyl (C=O) groups is 1. The van der Waals surface area contributed by atoms with E-state index >= 15 is 0 Å². The lowest BCUT2D eigenvalue weighted by molar-refractivity contribution is -0.122. The van der Waals surface area contributed by atoms with E-state index in [2.05, 4.69) is 19.2 Å². The molecule has 0 bridgehead atoms. The zero-order valence-electron chi connectivity index (χ0n) is 8.42. The molecule has 0 aliphatic heterocycles. The van der Waals surface area contributed by atoms with Crippen LogP contribution in [0.1, 0.15) is 34.1 Å². The topological polar surface area (TPSA) is 55.1 Å². The second-order valence-corrected chi connectivity index (χ2v) is 3.83. The van der Waals surface area contributed by atoms with E-state index in [0.717, 1.165) is 6.42 Å². The smallest absolute Gasteiger partial charge is 0.236 e. The lowest BCUT2D eigenvalue weighted by Crippen LogP contribution is -2.43. The Morgan fingerprint density at radius 1 is 1.33 bits per heavy atom. The van der Waals surface area contributed by atoms with Gasteiger partial charge < -0.3 is 11.1 Å². The predicted molar refractivity (Wildman–Crippen MR) is 50.7 cm³/mol. The first-order chi connectivity index (χ1) is 5.43. The molecule has 0 spiro atoms. The highest BCUT2D eigenvalue weighted by atomic mass is 16.2. The van der Waals surface area contributed by atoms with E-state index in [0.29, 0.717) is 5.92 Å². The molecule has 0 saturated carbocycles. The Labute approximate surface area is 74.7 Å². The molecule has 0 aromatic carbocycles. The van der Waals surface area contributed by atoms with Crippen LogP contribution in [0, 0.1) is 5.92 Å². The van der Waals surface area contributed by atoms with Gasteiger partial charge in [-0.1, -0.05) is 13.8 Å². The summed E-state index contributed by atoms with van der Waals surface area (Å²) >= 11 is 0. The summed E-state index contributed by atoms with van der Waals surface area (Å²) < 4.78 is 0. The molecule has 2 atom stereocenters. The third kappa shape index (κ3) is 5.13. The molecule has 0 heterocycles. The molecule has 0 radical (unpaired) electrons. The SMILES string of the molecule is CC(C)CC(C)NC(=O)[C@H](C)N. The van der Waals surface area contributed by atoms with Crippen molar-refractivity contribution in [1.29, 1.82) is 0 Å². The van der Waals surface area contributed by atoms with Gasteiger partial charge in [0.25, 0.3) is 0 Å². The molecular formula is C9H20N2O. The summed E-state index contributed by atoms with van der Waals surface area (Å²) in [4.78, 5) is 11.1. The summed E-state index contributed by atoms with van der Waals surface area (Å²) in [5.41, 5.74) is 5.40. The van der Waals surface area contributed by atoms with Crippen molar-refractivity contribution in [2.75, 3.05) is 0 Å². The van der Waals surface area contributed by atoms with Gasteiger partial charge in [0.05, 0.1) is 6.04 Å². The first-order valence-electron chi connectivity index (χ1n) is 4.49. The Morgan fingerprint density at radius 2 is 1.83 bits per heavy atom. The summed E-state index contributed by atoms with van der Waals surface area (Å²) in [5, 5.41) is 2.85. The van der Waals surface area contributed by atoms with E-state index < -0.39 is 6.04 Å². The van der Waals surface area contributed by atoms with Crippen LogP contribution in [-0.2, 0) is 4.79 Å². The van der Waals surface area contributed by atoms with Crippen LogP contribution < -0.4 is 11.1 Å². The van der Waals surface area contributed by atoms with E-state index in [9.17, 15) is 4.79 Å². The fourth-order valence-corrected chi connectivity index (χ4v) is 1.14. The van der Waals surface area contributed by atoms with Gasteiger partial charge in [0, 0.05) is 6.04 Å². The number of amides is 1. The highest BCUT2D eigenvalue weighted by Crippen LogP contribution is 2.03. The van der Waals surface area contributed by atoms with Crippen LogP contribution in [0.5, 0.6) is 0 Å². The van der Waals surface area contributed by atoms with E-state index in [4.69, 9.17) is 5.73 Å². The van der Waals surface area contributed by atoms with E-state index in [1.165, 1.54) is 0 Å². The van der Waals surface area contributed by atoms with Gasteiger partial charge in [-0.25, -0.2) is 0 Å². The van der Waals surface area contributed by atoms with Crippen LogP contribution in [0.3, 0.4) is 0 Å². The number of nitrogens with one attached hydrogen (secondary N) is 1. The number of hydrogen-bond acceptors (Lipinski definition) is 2. The predicted octanol–water partition coefficient (Wildman–Crippen LogP) is 0.884. The number of hydrogen-bond donors (Lipinski definition) is 2. The Bertz CT molecular complexity index is 143. The zero-order chi connectivity index (χ0) is 9.72. The van der Waals surface area contributed by atoms with Gasteiger partial charge in [-0.2, -0.15) is 0 Å². The maximum absolute atomic E-state index is 11.1. The number of carbonyl (C=O) groups excluding carboxylic acids is 1. The zero-order valence-corrected chi connectivity index (χ0v) is 8.42. The van der Waals surface area contributed by atoms with Crippen LogP contribution in [0.4, 0.5) is 0 Å². The molecule has 3 nitrogen and oxygen atoms in total. The second-order valence-electron chi connectivity index (χ2n) is 3.83. The van der Waals surface area contributed by atoms with Gasteiger partial charge in [-0.15, -0.1) is 0 Å².